The third-order valence-electron chi connectivity index (χ3n) is 11.4. The van der Waals surface area contributed by atoms with Gasteiger partial charge in [0.25, 0.3) is 0 Å². The molecule has 0 aliphatic heterocycles. The fourth-order valence-electron chi connectivity index (χ4n) is 8.89. The van der Waals surface area contributed by atoms with Gasteiger partial charge in [-0.2, -0.15) is 0 Å². The lowest BCUT2D eigenvalue weighted by molar-refractivity contribution is 0.673. The third kappa shape index (κ3) is 4.63. The van der Waals surface area contributed by atoms with Gasteiger partial charge in [0.2, 0.25) is 0 Å². The van der Waals surface area contributed by atoms with Gasteiger partial charge >= 0.3 is 0 Å². The molecule has 3 nitrogen and oxygen atoms in total. The summed E-state index contributed by atoms with van der Waals surface area (Å²) in [6, 6.07) is 70.3. The lowest BCUT2D eigenvalue weighted by Gasteiger charge is -2.28. The zero-order chi connectivity index (χ0) is 36.7. The molecule has 0 amide bonds. The first-order valence-corrected chi connectivity index (χ1v) is 19.8. The lowest BCUT2D eigenvalue weighted by atomic mass is 9.98. The summed E-state index contributed by atoms with van der Waals surface area (Å²) < 4.78 is 11.6. The standard InChI is InChI=1S/C52H32N2OS/c1-2-13-38-33(12-1)26-30-42-51-37(17-11-22-48(51)55-52(38)42)34-24-27-35(28-25-34)53(36-29-31-50-43(32-36)41-16-5-10-23-49(41)56-50)46-20-8-9-21-47(46)54-44-18-6-3-14-39(44)40-15-4-7-19-45(40)54/h1-32H. The highest BCUT2D eigenvalue weighted by atomic mass is 32.1. The van der Waals surface area contributed by atoms with Crippen LogP contribution in [0.2, 0.25) is 0 Å². The first kappa shape index (κ1) is 31.2. The molecule has 3 aromatic heterocycles. The van der Waals surface area contributed by atoms with Crippen molar-refractivity contribution in [3.63, 3.8) is 0 Å². The number of para-hydroxylation sites is 4. The van der Waals surface area contributed by atoms with Crippen LogP contribution in [0.25, 0.3) is 91.5 Å². The molecule has 262 valence electrons. The Morgan fingerprint density at radius 1 is 0.446 bits per heavy atom. The summed E-state index contributed by atoms with van der Waals surface area (Å²) in [5, 5.41) is 9.64. The molecule has 12 rings (SSSR count). The first-order chi connectivity index (χ1) is 27.8. The second-order valence-electron chi connectivity index (χ2n) is 14.5. The normalized spacial score (nSPS) is 11.9. The topological polar surface area (TPSA) is 21.3 Å². The summed E-state index contributed by atoms with van der Waals surface area (Å²) in [4.78, 5) is 2.43. The molecular weight excluding hydrogens is 701 g/mol. The summed E-state index contributed by atoms with van der Waals surface area (Å²) in [5.41, 5.74) is 10.9. The van der Waals surface area contributed by atoms with Crippen LogP contribution in [0.1, 0.15) is 0 Å². The molecule has 0 spiro atoms. The Hall–Kier alpha value is -7.14. The highest BCUT2D eigenvalue weighted by Gasteiger charge is 2.22. The van der Waals surface area contributed by atoms with E-state index in [0.29, 0.717) is 0 Å². The first-order valence-electron chi connectivity index (χ1n) is 19.0. The monoisotopic (exact) mass is 732 g/mol. The van der Waals surface area contributed by atoms with E-state index >= 15 is 0 Å². The van der Waals surface area contributed by atoms with Crippen molar-refractivity contribution in [1.82, 2.24) is 4.57 Å². The summed E-state index contributed by atoms with van der Waals surface area (Å²) >= 11 is 1.85. The van der Waals surface area contributed by atoms with Gasteiger partial charge in [0.15, 0.2) is 0 Å². The molecule has 0 radical (unpaired) electrons. The lowest BCUT2D eigenvalue weighted by Crippen LogP contribution is -2.13. The zero-order valence-corrected chi connectivity index (χ0v) is 31.0. The van der Waals surface area contributed by atoms with Crippen molar-refractivity contribution in [3.8, 4) is 16.8 Å². The van der Waals surface area contributed by atoms with Crippen molar-refractivity contribution in [2.24, 2.45) is 0 Å². The molecule has 0 saturated heterocycles. The van der Waals surface area contributed by atoms with Gasteiger partial charge in [-0.15, -0.1) is 11.3 Å². The maximum absolute atomic E-state index is 6.56. The van der Waals surface area contributed by atoms with E-state index in [4.69, 9.17) is 4.42 Å². The van der Waals surface area contributed by atoms with Gasteiger partial charge in [-0.3, -0.25) is 0 Å². The number of hydrogen-bond acceptors (Lipinski definition) is 3. The van der Waals surface area contributed by atoms with Crippen LogP contribution in [0, 0.1) is 0 Å². The van der Waals surface area contributed by atoms with Gasteiger partial charge in [0.1, 0.15) is 11.2 Å². The molecule has 56 heavy (non-hydrogen) atoms. The van der Waals surface area contributed by atoms with Gasteiger partial charge in [-0.05, 0) is 89.3 Å². The molecule has 12 aromatic rings. The molecular formula is C52H32N2OS. The van der Waals surface area contributed by atoms with Gasteiger partial charge in [0.05, 0.1) is 22.4 Å². The Morgan fingerprint density at radius 2 is 1.11 bits per heavy atom. The van der Waals surface area contributed by atoms with Crippen molar-refractivity contribution < 1.29 is 4.42 Å². The number of hydrogen-bond donors (Lipinski definition) is 0. The van der Waals surface area contributed by atoms with E-state index in [1.165, 1.54) is 47.4 Å². The Kier molecular flexibility index (Phi) is 6.80. The average Bonchev–Trinajstić information content (AvgIpc) is 3.94. The van der Waals surface area contributed by atoms with Gasteiger partial charge in [0, 0.05) is 58.5 Å². The Labute approximate surface area is 326 Å². The van der Waals surface area contributed by atoms with Crippen molar-refractivity contribution in [2.75, 3.05) is 4.90 Å². The second-order valence-corrected chi connectivity index (χ2v) is 15.5. The van der Waals surface area contributed by atoms with Gasteiger partial charge in [-0.1, -0.05) is 121 Å². The minimum absolute atomic E-state index is 0.899. The quantitative estimate of drug-likeness (QED) is 0.176. The van der Waals surface area contributed by atoms with Crippen molar-refractivity contribution in [2.45, 2.75) is 0 Å². The molecule has 0 aliphatic carbocycles. The average molecular weight is 733 g/mol. The predicted molar refractivity (Wildman–Crippen MR) is 239 cm³/mol. The highest BCUT2D eigenvalue weighted by molar-refractivity contribution is 7.25. The Bertz CT molecular complexity index is 3440. The number of rotatable bonds is 5. The number of anilines is 3. The van der Waals surface area contributed by atoms with E-state index in [9.17, 15) is 0 Å². The van der Waals surface area contributed by atoms with E-state index in [1.807, 2.05) is 11.3 Å². The number of aromatic nitrogens is 1. The van der Waals surface area contributed by atoms with Crippen LogP contribution >= 0.6 is 11.3 Å². The molecule has 0 saturated carbocycles. The minimum atomic E-state index is 0.899. The van der Waals surface area contributed by atoms with Crippen LogP contribution in [0.3, 0.4) is 0 Å². The predicted octanol–water partition coefficient (Wildman–Crippen LogP) is 15.3. The number of thiophene rings is 1. The highest BCUT2D eigenvalue weighted by Crippen LogP contribution is 2.45. The van der Waals surface area contributed by atoms with E-state index in [0.717, 1.165) is 61.2 Å². The smallest absolute Gasteiger partial charge is 0.143 e. The third-order valence-corrected chi connectivity index (χ3v) is 12.5. The number of furan rings is 1. The second kappa shape index (κ2) is 12.2. The van der Waals surface area contributed by atoms with Crippen molar-refractivity contribution in [3.05, 3.63) is 194 Å². The summed E-state index contributed by atoms with van der Waals surface area (Å²) in [6.45, 7) is 0. The molecule has 3 heterocycles. The molecule has 0 aliphatic rings. The van der Waals surface area contributed by atoms with Gasteiger partial charge < -0.3 is 13.9 Å². The Morgan fingerprint density at radius 3 is 1.93 bits per heavy atom. The SMILES string of the molecule is c1ccc(-n2c3ccccc3c3ccccc32)c(N(c2ccc(-c3cccc4oc5c6ccccc6ccc5c34)cc2)c2ccc3sc4ccccc4c3c2)c1. The van der Waals surface area contributed by atoms with Crippen LogP contribution in [-0.4, -0.2) is 4.57 Å². The van der Waals surface area contributed by atoms with Crippen LogP contribution in [0.15, 0.2) is 199 Å². The number of benzene rings is 9. The minimum Gasteiger partial charge on any atom is -0.455 e. The van der Waals surface area contributed by atoms with Crippen LogP contribution < -0.4 is 4.90 Å². The maximum Gasteiger partial charge on any atom is 0.143 e. The zero-order valence-electron chi connectivity index (χ0n) is 30.2. The van der Waals surface area contributed by atoms with E-state index in [-0.39, 0.29) is 0 Å². The van der Waals surface area contributed by atoms with Crippen LogP contribution in [-0.2, 0) is 0 Å². The van der Waals surface area contributed by atoms with Crippen molar-refractivity contribution >= 4 is 103 Å². The van der Waals surface area contributed by atoms with Crippen molar-refractivity contribution in [1.29, 1.82) is 0 Å². The molecule has 4 heteroatoms. The summed E-state index contributed by atoms with van der Waals surface area (Å²) in [7, 11) is 0. The van der Waals surface area contributed by atoms with Crippen LogP contribution in [0.5, 0.6) is 0 Å². The fraction of sp³-hybridized carbons (Fsp3) is 0. The molecule has 0 unspecified atom stereocenters. The van der Waals surface area contributed by atoms with Gasteiger partial charge in [-0.25, -0.2) is 0 Å². The molecule has 0 atom stereocenters. The maximum atomic E-state index is 6.56. The molecule has 0 N–H and O–H groups in total. The van der Waals surface area contributed by atoms with E-state index < -0.39 is 0 Å². The van der Waals surface area contributed by atoms with E-state index in [1.54, 1.807) is 0 Å². The van der Waals surface area contributed by atoms with Crippen LogP contribution in [0.4, 0.5) is 17.1 Å². The molecule has 9 aromatic carbocycles. The fourth-order valence-corrected chi connectivity index (χ4v) is 9.98. The summed E-state index contributed by atoms with van der Waals surface area (Å²) in [6.07, 6.45) is 0. The summed E-state index contributed by atoms with van der Waals surface area (Å²) in [5.74, 6) is 0. The number of nitrogens with zero attached hydrogens (tertiary/aromatic N) is 2. The largest absolute Gasteiger partial charge is 0.455 e. The molecule has 0 fully saturated rings. The Balaban J connectivity index is 1.07. The van der Waals surface area contributed by atoms with E-state index in [2.05, 4.69) is 204 Å². The number of fused-ring (bicyclic) bond motifs is 11. The molecule has 0 bridgehead atoms.